The molecule has 0 saturated heterocycles. The van der Waals surface area contributed by atoms with Crippen LogP contribution in [0.15, 0.2) is 12.7 Å². The summed E-state index contributed by atoms with van der Waals surface area (Å²) in [6.07, 6.45) is 1.49. The number of carboxylic acid groups (broad SMARTS) is 1. The molecule has 6 heteroatoms. The Morgan fingerprint density at radius 2 is 2.06 bits per heavy atom. The Bertz CT molecular complexity index is 254. The summed E-state index contributed by atoms with van der Waals surface area (Å²) in [5.41, 5.74) is 0. The summed E-state index contributed by atoms with van der Waals surface area (Å²) in [5, 5.41) is 11.2. The van der Waals surface area contributed by atoms with Gasteiger partial charge in [-0.25, -0.2) is 4.79 Å². The van der Waals surface area contributed by atoms with Gasteiger partial charge in [-0.3, -0.25) is 4.79 Å². The quantitative estimate of drug-likeness (QED) is 0.594. The molecular formula is C10H19N3O3. The van der Waals surface area contributed by atoms with E-state index in [9.17, 15) is 9.59 Å². The molecule has 0 aliphatic heterocycles. The third-order valence-electron chi connectivity index (χ3n) is 1.80. The molecule has 6 nitrogen and oxygen atoms in total. The molecule has 0 heterocycles. The molecule has 0 radical (unpaired) electrons. The van der Waals surface area contributed by atoms with Gasteiger partial charge >= 0.3 is 12.0 Å². The molecule has 0 unspecified atom stereocenters. The highest BCUT2D eigenvalue weighted by Gasteiger charge is 2.14. The minimum Gasteiger partial charge on any atom is -0.480 e. The first kappa shape index (κ1) is 14.4. The number of carbonyl (C=O) groups excluding carboxylic acids is 1. The number of amides is 2. The molecule has 2 amide bonds. The van der Waals surface area contributed by atoms with Gasteiger partial charge in [-0.2, -0.15) is 0 Å². The third kappa shape index (κ3) is 6.83. The standard InChI is InChI=1S/C10H19N3O3/c1-4-6-13(8-9(14)15)10(16)11-5-7-12(2)3/h4H,1,5-8H2,2-3H3,(H,11,16)(H,14,15). The molecule has 0 aromatic heterocycles. The Morgan fingerprint density at radius 1 is 1.44 bits per heavy atom. The summed E-state index contributed by atoms with van der Waals surface area (Å²) in [5.74, 6) is -1.04. The second-order valence-corrected chi connectivity index (χ2v) is 3.60. The third-order valence-corrected chi connectivity index (χ3v) is 1.80. The van der Waals surface area contributed by atoms with Gasteiger partial charge in [0.1, 0.15) is 6.54 Å². The maximum absolute atomic E-state index is 11.5. The van der Waals surface area contributed by atoms with Gasteiger partial charge in [-0.1, -0.05) is 6.08 Å². The fourth-order valence-electron chi connectivity index (χ4n) is 1.04. The van der Waals surface area contributed by atoms with Crippen molar-refractivity contribution in [1.82, 2.24) is 15.1 Å². The second kappa shape index (κ2) is 7.70. The van der Waals surface area contributed by atoms with Crippen molar-refractivity contribution in [3.63, 3.8) is 0 Å². The van der Waals surface area contributed by atoms with Crippen LogP contribution in [0.25, 0.3) is 0 Å². The summed E-state index contributed by atoms with van der Waals surface area (Å²) in [6.45, 7) is 4.57. The summed E-state index contributed by atoms with van der Waals surface area (Å²) >= 11 is 0. The van der Waals surface area contributed by atoms with Crippen molar-refractivity contribution in [2.45, 2.75) is 0 Å². The van der Waals surface area contributed by atoms with Crippen molar-refractivity contribution in [2.24, 2.45) is 0 Å². The first-order valence-corrected chi connectivity index (χ1v) is 4.97. The molecule has 0 aliphatic carbocycles. The first-order valence-electron chi connectivity index (χ1n) is 4.97. The second-order valence-electron chi connectivity index (χ2n) is 3.60. The van der Waals surface area contributed by atoms with Crippen LogP contribution in [0.3, 0.4) is 0 Å². The van der Waals surface area contributed by atoms with E-state index in [4.69, 9.17) is 5.11 Å². The molecule has 92 valence electrons. The molecule has 2 N–H and O–H groups in total. The van der Waals surface area contributed by atoms with Crippen molar-refractivity contribution >= 4 is 12.0 Å². The zero-order valence-corrected chi connectivity index (χ0v) is 9.77. The van der Waals surface area contributed by atoms with E-state index in [1.54, 1.807) is 0 Å². The average molecular weight is 229 g/mol. The van der Waals surface area contributed by atoms with E-state index in [0.717, 1.165) is 0 Å². The molecule has 0 aliphatic rings. The van der Waals surface area contributed by atoms with E-state index in [1.165, 1.54) is 11.0 Å². The Balaban J connectivity index is 4.06. The molecule has 0 saturated carbocycles. The van der Waals surface area contributed by atoms with Crippen molar-refractivity contribution in [1.29, 1.82) is 0 Å². The van der Waals surface area contributed by atoms with Crippen LogP contribution < -0.4 is 5.32 Å². The number of likely N-dealkylation sites (N-methyl/N-ethyl adjacent to an activating group) is 1. The number of hydrogen-bond donors (Lipinski definition) is 2. The van der Waals surface area contributed by atoms with Gasteiger partial charge in [-0.15, -0.1) is 6.58 Å². The van der Waals surface area contributed by atoms with Crippen molar-refractivity contribution in [3.05, 3.63) is 12.7 Å². The van der Waals surface area contributed by atoms with E-state index >= 15 is 0 Å². The highest BCUT2D eigenvalue weighted by molar-refractivity contribution is 5.80. The zero-order valence-electron chi connectivity index (χ0n) is 9.77. The maximum Gasteiger partial charge on any atom is 0.323 e. The lowest BCUT2D eigenvalue weighted by atomic mass is 10.4. The first-order chi connectivity index (χ1) is 7.47. The van der Waals surface area contributed by atoms with Crippen LogP contribution in [0, 0.1) is 0 Å². The van der Waals surface area contributed by atoms with Gasteiger partial charge in [-0.05, 0) is 14.1 Å². The lowest BCUT2D eigenvalue weighted by Crippen LogP contribution is -2.44. The Labute approximate surface area is 95.5 Å². The van der Waals surface area contributed by atoms with Crippen LogP contribution in [0.5, 0.6) is 0 Å². The van der Waals surface area contributed by atoms with Crippen molar-refractivity contribution in [2.75, 3.05) is 40.3 Å². The largest absolute Gasteiger partial charge is 0.480 e. The van der Waals surface area contributed by atoms with Crippen molar-refractivity contribution < 1.29 is 14.7 Å². The lowest BCUT2D eigenvalue weighted by Gasteiger charge is -2.20. The number of aliphatic carboxylic acids is 1. The predicted octanol–water partition coefficient (Wildman–Crippen LogP) is -0.170. The number of carboxylic acids is 1. The zero-order chi connectivity index (χ0) is 12.6. The van der Waals surface area contributed by atoms with Crippen molar-refractivity contribution in [3.8, 4) is 0 Å². The SMILES string of the molecule is C=CCN(CC(=O)O)C(=O)NCCN(C)C. The fourth-order valence-corrected chi connectivity index (χ4v) is 1.04. The number of rotatable bonds is 7. The van der Waals surface area contributed by atoms with Crippen LogP contribution in [-0.2, 0) is 4.79 Å². The highest BCUT2D eigenvalue weighted by Crippen LogP contribution is 1.90. The van der Waals surface area contributed by atoms with Crippen LogP contribution in [0.4, 0.5) is 4.79 Å². The number of nitrogens with one attached hydrogen (secondary N) is 1. The van der Waals surface area contributed by atoms with Gasteiger partial charge in [0.15, 0.2) is 0 Å². The normalized spacial score (nSPS) is 9.94. The summed E-state index contributed by atoms with van der Waals surface area (Å²) in [6, 6.07) is -0.385. The minimum atomic E-state index is -1.04. The molecule has 0 atom stereocenters. The number of hydrogen-bond acceptors (Lipinski definition) is 3. The van der Waals surface area contributed by atoms with Gasteiger partial charge in [0.25, 0.3) is 0 Å². The molecule has 0 rings (SSSR count). The monoisotopic (exact) mass is 229 g/mol. The maximum atomic E-state index is 11.5. The van der Waals surface area contributed by atoms with Gasteiger partial charge in [0.05, 0.1) is 0 Å². The van der Waals surface area contributed by atoms with Gasteiger partial charge in [0.2, 0.25) is 0 Å². The molecule has 0 aromatic rings. The summed E-state index contributed by atoms with van der Waals surface area (Å²) in [7, 11) is 3.79. The Kier molecular flexibility index (Phi) is 6.95. The lowest BCUT2D eigenvalue weighted by molar-refractivity contribution is -0.137. The van der Waals surface area contributed by atoms with Crippen LogP contribution in [0.2, 0.25) is 0 Å². The molecule has 0 spiro atoms. The fraction of sp³-hybridized carbons (Fsp3) is 0.600. The average Bonchev–Trinajstić information content (AvgIpc) is 2.15. The Morgan fingerprint density at radius 3 is 2.50 bits per heavy atom. The predicted molar refractivity (Wildman–Crippen MR) is 61.4 cm³/mol. The minimum absolute atomic E-state index is 0.222. The Hall–Kier alpha value is -1.56. The molecule has 0 bridgehead atoms. The highest BCUT2D eigenvalue weighted by atomic mass is 16.4. The molecule has 0 fully saturated rings. The van der Waals surface area contributed by atoms with E-state index in [-0.39, 0.29) is 19.1 Å². The number of carbonyl (C=O) groups is 2. The number of urea groups is 1. The van der Waals surface area contributed by atoms with E-state index in [1.807, 2.05) is 19.0 Å². The molecule has 16 heavy (non-hydrogen) atoms. The van der Waals surface area contributed by atoms with Crippen LogP contribution in [-0.4, -0.2) is 67.2 Å². The van der Waals surface area contributed by atoms with Crippen LogP contribution >= 0.6 is 0 Å². The van der Waals surface area contributed by atoms with Gasteiger partial charge in [0, 0.05) is 19.6 Å². The van der Waals surface area contributed by atoms with E-state index in [0.29, 0.717) is 13.1 Å². The van der Waals surface area contributed by atoms with Gasteiger partial charge < -0.3 is 20.2 Å². The van der Waals surface area contributed by atoms with Crippen LogP contribution in [0.1, 0.15) is 0 Å². The topological polar surface area (TPSA) is 72.9 Å². The smallest absolute Gasteiger partial charge is 0.323 e. The summed E-state index contributed by atoms with van der Waals surface area (Å²) < 4.78 is 0. The van der Waals surface area contributed by atoms with E-state index in [2.05, 4.69) is 11.9 Å². The number of nitrogens with zero attached hydrogens (tertiary/aromatic N) is 2. The molecule has 0 aromatic carbocycles. The summed E-state index contributed by atoms with van der Waals surface area (Å²) in [4.78, 5) is 25.2. The van der Waals surface area contributed by atoms with E-state index < -0.39 is 5.97 Å². The molecular weight excluding hydrogens is 210 g/mol.